The third-order valence-corrected chi connectivity index (χ3v) is 3.50. The second-order valence-corrected chi connectivity index (χ2v) is 5.12. The molecule has 0 radical (unpaired) electrons. The maximum absolute atomic E-state index is 11.5. The summed E-state index contributed by atoms with van der Waals surface area (Å²) in [6, 6.07) is 10.2. The van der Waals surface area contributed by atoms with Gasteiger partial charge in [0.1, 0.15) is 22.9 Å². The van der Waals surface area contributed by atoms with Crippen LogP contribution in [0.1, 0.15) is 21.8 Å². The van der Waals surface area contributed by atoms with Crippen molar-refractivity contribution in [3.63, 3.8) is 0 Å². The first kappa shape index (κ1) is 16.9. The van der Waals surface area contributed by atoms with Crippen molar-refractivity contribution in [3.8, 4) is 11.8 Å². The number of hydrogen-bond acceptors (Lipinski definition) is 8. The Hall–Kier alpha value is -3.93. The minimum Gasteiger partial charge on any atom is -0.482 e. The molecule has 0 saturated carbocycles. The SMILES string of the molecule is COC(=O)c1ccc2nc(COc3ccc([N+](=O)[O-])cc3C#N)oc2c1. The van der Waals surface area contributed by atoms with Gasteiger partial charge in [0.15, 0.2) is 12.2 Å². The van der Waals surface area contributed by atoms with Crippen LogP contribution in [0.3, 0.4) is 0 Å². The molecule has 0 amide bonds. The van der Waals surface area contributed by atoms with Crippen molar-refractivity contribution >= 4 is 22.8 Å². The summed E-state index contributed by atoms with van der Waals surface area (Å²) >= 11 is 0. The van der Waals surface area contributed by atoms with Crippen LogP contribution in [0.2, 0.25) is 0 Å². The first-order chi connectivity index (χ1) is 12.5. The fourth-order valence-electron chi connectivity index (χ4n) is 2.26. The van der Waals surface area contributed by atoms with Gasteiger partial charge >= 0.3 is 5.97 Å². The molecule has 0 atom stereocenters. The maximum atomic E-state index is 11.5. The van der Waals surface area contributed by atoms with E-state index in [0.717, 1.165) is 6.07 Å². The second-order valence-electron chi connectivity index (χ2n) is 5.12. The highest BCUT2D eigenvalue weighted by Crippen LogP contribution is 2.25. The number of methoxy groups -OCH3 is 1. The molecule has 3 rings (SSSR count). The molecule has 0 saturated heterocycles. The van der Waals surface area contributed by atoms with Crippen LogP contribution in [0.15, 0.2) is 40.8 Å². The normalized spacial score (nSPS) is 10.3. The van der Waals surface area contributed by atoms with Crippen LogP contribution in [0.4, 0.5) is 5.69 Å². The molecular formula is C17H11N3O6. The Morgan fingerprint density at radius 3 is 2.85 bits per heavy atom. The van der Waals surface area contributed by atoms with Gasteiger partial charge in [0.25, 0.3) is 5.69 Å². The minimum atomic E-state index is -0.593. The van der Waals surface area contributed by atoms with E-state index in [1.54, 1.807) is 12.1 Å². The molecule has 0 aliphatic heterocycles. The van der Waals surface area contributed by atoms with E-state index < -0.39 is 10.9 Å². The quantitative estimate of drug-likeness (QED) is 0.389. The van der Waals surface area contributed by atoms with Gasteiger partial charge in [0, 0.05) is 12.1 Å². The summed E-state index contributed by atoms with van der Waals surface area (Å²) < 4.78 is 15.7. The van der Waals surface area contributed by atoms with E-state index in [9.17, 15) is 14.9 Å². The Kier molecular flexibility index (Phi) is 4.49. The lowest BCUT2D eigenvalue weighted by atomic mass is 10.2. The van der Waals surface area contributed by atoms with Gasteiger partial charge in [-0.15, -0.1) is 0 Å². The van der Waals surface area contributed by atoms with Crippen molar-refractivity contribution in [3.05, 3.63) is 63.5 Å². The molecular weight excluding hydrogens is 342 g/mol. The van der Waals surface area contributed by atoms with Crippen LogP contribution in [0.25, 0.3) is 11.1 Å². The molecule has 0 N–H and O–H groups in total. The lowest BCUT2D eigenvalue weighted by Gasteiger charge is -2.05. The Morgan fingerprint density at radius 1 is 1.35 bits per heavy atom. The van der Waals surface area contributed by atoms with Gasteiger partial charge in [0.05, 0.1) is 17.6 Å². The molecule has 9 nitrogen and oxygen atoms in total. The summed E-state index contributed by atoms with van der Waals surface area (Å²) in [5.74, 6) is -0.0921. The molecule has 26 heavy (non-hydrogen) atoms. The third-order valence-electron chi connectivity index (χ3n) is 3.50. The molecule has 1 heterocycles. The van der Waals surface area contributed by atoms with Gasteiger partial charge in [-0.3, -0.25) is 10.1 Å². The first-order valence-corrected chi connectivity index (χ1v) is 7.31. The summed E-state index contributed by atoms with van der Waals surface area (Å²) in [5, 5.41) is 19.9. The van der Waals surface area contributed by atoms with Crippen molar-refractivity contribution in [2.75, 3.05) is 7.11 Å². The summed E-state index contributed by atoms with van der Waals surface area (Å²) in [6.07, 6.45) is 0. The Balaban J connectivity index is 1.81. The van der Waals surface area contributed by atoms with Crippen LogP contribution in [-0.2, 0) is 11.3 Å². The average Bonchev–Trinajstić information content (AvgIpc) is 3.07. The number of rotatable bonds is 5. The predicted octanol–water partition coefficient (Wildman–Crippen LogP) is 2.97. The van der Waals surface area contributed by atoms with Crippen molar-refractivity contribution < 1.29 is 23.6 Å². The third kappa shape index (κ3) is 3.29. The van der Waals surface area contributed by atoms with E-state index in [1.807, 2.05) is 6.07 Å². The van der Waals surface area contributed by atoms with Crippen molar-refractivity contribution in [1.29, 1.82) is 5.26 Å². The molecule has 2 aromatic carbocycles. The number of benzene rings is 2. The zero-order valence-electron chi connectivity index (χ0n) is 13.5. The highest BCUT2D eigenvalue weighted by molar-refractivity contribution is 5.93. The van der Waals surface area contributed by atoms with Crippen molar-refractivity contribution in [1.82, 2.24) is 4.98 Å². The highest BCUT2D eigenvalue weighted by atomic mass is 16.6. The molecule has 1 aromatic heterocycles. The topological polar surface area (TPSA) is 128 Å². The molecule has 0 spiro atoms. The monoisotopic (exact) mass is 353 g/mol. The zero-order valence-corrected chi connectivity index (χ0v) is 13.5. The van der Waals surface area contributed by atoms with Gasteiger partial charge in [0.2, 0.25) is 5.89 Å². The number of fused-ring (bicyclic) bond motifs is 1. The average molecular weight is 353 g/mol. The number of carbonyl (C=O) groups is 1. The molecule has 0 aliphatic rings. The fraction of sp³-hybridized carbons (Fsp3) is 0.118. The van der Waals surface area contributed by atoms with Crippen LogP contribution in [0, 0.1) is 21.4 Å². The van der Waals surface area contributed by atoms with E-state index in [0.29, 0.717) is 16.7 Å². The number of nitrogens with zero attached hydrogens (tertiary/aromatic N) is 3. The second kappa shape index (κ2) is 6.90. The van der Waals surface area contributed by atoms with Crippen molar-refractivity contribution in [2.45, 2.75) is 6.61 Å². The van der Waals surface area contributed by atoms with Gasteiger partial charge < -0.3 is 13.9 Å². The Labute approximate surface area is 146 Å². The molecule has 0 aliphatic carbocycles. The Morgan fingerprint density at radius 2 is 2.15 bits per heavy atom. The van der Waals surface area contributed by atoms with Crippen LogP contribution < -0.4 is 4.74 Å². The summed E-state index contributed by atoms with van der Waals surface area (Å²) in [6.45, 7) is -0.0886. The molecule has 130 valence electrons. The van der Waals surface area contributed by atoms with Crippen LogP contribution in [-0.4, -0.2) is 23.0 Å². The summed E-state index contributed by atoms with van der Waals surface area (Å²) in [4.78, 5) is 25.9. The van der Waals surface area contributed by atoms with Crippen LogP contribution >= 0.6 is 0 Å². The Bertz CT molecular complexity index is 1050. The molecule has 9 heteroatoms. The standard InChI is InChI=1S/C17H11N3O6/c1-24-17(21)10-2-4-13-15(7-10)26-16(19-13)9-25-14-5-3-12(20(22)23)6-11(14)8-18/h2-7H,9H2,1H3. The number of nitro benzene ring substituents is 1. The van der Waals surface area contributed by atoms with Gasteiger partial charge in [-0.05, 0) is 24.3 Å². The number of hydrogen-bond donors (Lipinski definition) is 0. The number of nitro groups is 1. The molecule has 0 fully saturated rings. The highest BCUT2D eigenvalue weighted by Gasteiger charge is 2.14. The van der Waals surface area contributed by atoms with Gasteiger partial charge in [-0.25, -0.2) is 9.78 Å². The van der Waals surface area contributed by atoms with Crippen LogP contribution in [0.5, 0.6) is 5.75 Å². The lowest BCUT2D eigenvalue weighted by Crippen LogP contribution is -2.00. The lowest BCUT2D eigenvalue weighted by molar-refractivity contribution is -0.384. The van der Waals surface area contributed by atoms with Gasteiger partial charge in [-0.2, -0.15) is 5.26 Å². The fourth-order valence-corrected chi connectivity index (χ4v) is 2.26. The summed E-state index contributed by atoms with van der Waals surface area (Å²) in [5.41, 5.74) is 1.07. The number of carbonyl (C=O) groups excluding carboxylic acids is 1. The number of oxazole rings is 1. The number of ether oxygens (including phenoxy) is 2. The first-order valence-electron chi connectivity index (χ1n) is 7.31. The number of esters is 1. The largest absolute Gasteiger partial charge is 0.482 e. The number of nitriles is 1. The van der Waals surface area contributed by atoms with Gasteiger partial charge in [-0.1, -0.05) is 0 Å². The van der Waals surface area contributed by atoms with E-state index >= 15 is 0 Å². The van der Waals surface area contributed by atoms with E-state index in [1.165, 1.54) is 25.3 Å². The van der Waals surface area contributed by atoms with E-state index in [-0.39, 0.29) is 29.5 Å². The molecule has 0 bridgehead atoms. The van der Waals surface area contributed by atoms with E-state index in [2.05, 4.69) is 9.72 Å². The summed E-state index contributed by atoms with van der Waals surface area (Å²) in [7, 11) is 1.28. The van der Waals surface area contributed by atoms with Crippen molar-refractivity contribution in [2.24, 2.45) is 0 Å². The predicted molar refractivity (Wildman–Crippen MR) is 87.5 cm³/mol. The maximum Gasteiger partial charge on any atom is 0.337 e. The molecule has 0 unspecified atom stereocenters. The number of non-ortho nitro benzene ring substituents is 1. The minimum absolute atomic E-state index is 0.0308. The smallest absolute Gasteiger partial charge is 0.337 e. The zero-order chi connectivity index (χ0) is 18.7. The number of aromatic nitrogens is 1. The molecule has 3 aromatic rings. The van der Waals surface area contributed by atoms with E-state index in [4.69, 9.17) is 14.4 Å².